The predicted molar refractivity (Wildman–Crippen MR) is 106 cm³/mol. The van der Waals surface area contributed by atoms with E-state index in [4.69, 9.17) is 15.0 Å². The Morgan fingerprint density at radius 2 is 1.12 bits per heavy atom. The van der Waals surface area contributed by atoms with Gasteiger partial charge in [0.15, 0.2) is 0 Å². The van der Waals surface area contributed by atoms with Gasteiger partial charge in [-0.15, -0.1) is 22.7 Å². The lowest BCUT2D eigenvalue weighted by molar-refractivity contribution is 1.26. The average molecular weight is 359 g/mol. The van der Waals surface area contributed by atoms with Crippen LogP contribution in [-0.2, 0) is 0 Å². The molecule has 0 aliphatic heterocycles. The number of thiazole rings is 2. The first-order chi connectivity index (χ1) is 12.3. The van der Waals surface area contributed by atoms with E-state index in [-0.39, 0.29) is 0 Å². The van der Waals surface area contributed by atoms with Gasteiger partial charge in [0, 0.05) is 0 Å². The molecule has 2 aromatic carbocycles. The fraction of sp³-hybridized carbons (Fsp3) is 0.0500. The van der Waals surface area contributed by atoms with Crippen LogP contribution in [0.1, 0.15) is 5.56 Å². The Labute approximate surface area is 152 Å². The molecule has 5 heteroatoms. The average Bonchev–Trinajstić information content (AvgIpc) is 3.25. The van der Waals surface area contributed by atoms with Crippen LogP contribution in [0.3, 0.4) is 0 Å². The summed E-state index contributed by atoms with van der Waals surface area (Å²) in [5.74, 6) is 0. The van der Waals surface area contributed by atoms with Gasteiger partial charge in [-0.25, -0.2) is 15.0 Å². The fourth-order valence-corrected chi connectivity index (χ4v) is 4.70. The van der Waals surface area contributed by atoms with Crippen molar-refractivity contribution in [1.82, 2.24) is 15.0 Å². The Morgan fingerprint density at radius 3 is 1.60 bits per heavy atom. The Bertz CT molecular complexity index is 1060. The molecule has 0 aliphatic carbocycles. The summed E-state index contributed by atoms with van der Waals surface area (Å²) >= 11 is 3.35. The van der Waals surface area contributed by atoms with Crippen molar-refractivity contribution >= 4 is 43.1 Å². The van der Waals surface area contributed by atoms with Gasteiger partial charge in [0.05, 0.1) is 31.8 Å². The number of nitrogens with zero attached hydrogens (tertiary/aromatic N) is 3. The topological polar surface area (TPSA) is 38.7 Å². The number of hydrogen-bond donors (Lipinski definition) is 0. The van der Waals surface area contributed by atoms with Gasteiger partial charge in [-0.2, -0.15) is 0 Å². The van der Waals surface area contributed by atoms with Crippen LogP contribution in [0.25, 0.3) is 41.8 Å². The molecule has 0 fully saturated rings. The Morgan fingerprint density at radius 1 is 0.640 bits per heavy atom. The molecule has 0 saturated heterocycles. The molecule has 5 aromatic rings. The lowest BCUT2D eigenvalue weighted by Gasteiger charge is -2.02. The number of para-hydroxylation sites is 2. The zero-order chi connectivity index (χ0) is 16.8. The zero-order valence-electron chi connectivity index (χ0n) is 13.4. The van der Waals surface area contributed by atoms with Crippen LogP contribution in [0, 0.1) is 6.92 Å². The van der Waals surface area contributed by atoms with Crippen molar-refractivity contribution in [2.24, 2.45) is 0 Å². The van der Waals surface area contributed by atoms with Gasteiger partial charge in [-0.3, -0.25) is 0 Å². The lowest BCUT2D eigenvalue weighted by Crippen LogP contribution is -1.89. The van der Waals surface area contributed by atoms with Gasteiger partial charge in [0.2, 0.25) is 0 Å². The van der Waals surface area contributed by atoms with E-state index >= 15 is 0 Å². The van der Waals surface area contributed by atoms with Crippen LogP contribution >= 0.6 is 22.7 Å². The molecule has 0 radical (unpaired) electrons. The molecule has 0 bridgehead atoms. The van der Waals surface area contributed by atoms with Crippen molar-refractivity contribution < 1.29 is 0 Å². The number of hydrogen-bond acceptors (Lipinski definition) is 5. The first-order valence-electron chi connectivity index (χ1n) is 7.97. The molecule has 3 nitrogen and oxygen atoms in total. The summed E-state index contributed by atoms with van der Waals surface area (Å²) in [5.41, 5.74) is 5.03. The summed E-state index contributed by atoms with van der Waals surface area (Å²) in [5, 5.41) is 1.90. The molecular weight excluding hydrogens is 346 g/mol. The third-order valence-corrected chi connectivity index (χ3v) is 6.11. The van der Waals surface area contributed by atoms with Crippen molar-refractivity contribution in [2.45, 2.75) is 6.92 Å². The van der Waals surface area contributed by atoms with Gasteiger partial charge < -0.3 is 0 Å². The monoisotopic (exact) mass is 359 g/mol. The van der Waals surface area contributed by atoms with Crippen LogP contribution in [0.5, 0.6) is 0 Å². The molecule has 0 saturated carbocycles. The van der Waals surface area contributed by atoms with Crippen molar-refractivity contribution in [2.75, 3.05) is 0 Å². The Balaban J connectivity index is 1.66. The van der Waals surface area contributed by atoms with Crippen LogP contribution in [0.4, 0.5) is 0 Å². The van der Waals surface area contributed by atoms with Gasteiger partial charge >= 0.3 is 0 Å². The number of pyridine rings is 1. The second-order valence-corrected chi connectivity index (χ2v) is 7.95. The molecular formula is C20H13N3S2. The Kier molecular flexibility index (Phi) is 3.36. The van der Waals surface area contributed by atoms with E-state index in [0.717, 1.165) is 32.4 Å². The molecule has 0 aliphatic rings. The number of benzene rings is 2. The van der Waals surface area contributed by atoms with E-state index < -0.39 is 0 Å². The van der Waals surface area contributed by atoms with E-state index in [1.54, 1.807) is 22.7 Å². The summed E-state index contributed by atoms with van der Waals surface area (Å²) in [6.45, 7) is 2.09. The van der Waals surface area contributed by atoms with Crippen LogP contribution in [-0.4, -0.2) is 15.0 Å². The van der Waals surface area contributed by atoms with E-state index in [0.29, 0.717) is 0 Å². The SMILES string of the molecule is Cc1cc(-c2nc3ccccc3s2)nc(-c2nc3ccccc3s2)c1. The first kappa shape index (κ1) is 14.7. The summed E-state index contributed by atoms with van der Waals surface area (Å²) in [6.07, 6.45) is 0. The highest BCUT2D eigenvalue weighted by atomic mass is 32.1. The smallest absolute Gasteiger partial charge is 0.143 e. The van der Waals surface area contributed by atoms with Gasteiger partial charge in [0.25, 0.3) is 0 Å². The van der Waals surface area contributed by atoms with Gasteiger partial charge in [-0.1, -0.05) is 24.3 Å². The second kappa shape index (κ2) is 5.72. The summed E-state index contributed by atoms with van der Waals surface area (Å²) in [7, 11) is 0. The maximum atomic E-state index is 4.86. The maximum absolute atomic E-state index is 4.86. The number of rotatable bonds is 2. The molecule has 0 N–H and O–H groups in total. The van der Waals surface area contributed by atoms with E-state index in [9.17, 15) is 0 Å². The molecule has 120 valence electrons. The fourth-order valence-electron chi connectivity index (χ4n) is 2.85. The van der Waals surface area contributed by atoms with Crippen LogP contribution in [0.2, 0.25) is 0 Å². The molecule has 3 heterocycles. The van der Waals surface area contributed by atoms with E-state index in [1.807, 2.05) is 36.4 Å². The van der Waals surface area contributed by atoms with Crippen molar-refractivity contribution in [1.29, 1.82) is 0 Å². The molecule has 0 spiro atoms. The maximum Gasteiger partial charge on any atom is 0.143 e. The third-order valence-electron chi connectivity index (χ3n) is 4.00. The molecule has 5 rings (SSSR count). The minimum atomic E-state index is 0.912. The minimum absolute atomic E-state index is 0.912. The summed E-state index contributed by atoms with van der Waals surface area (Å²) in [6, 6.07) is 20.6. The van der Waals surface area contributed by atoms with E-state index in [1.165, 1.54) is 15.0 Å². The molecule has 0 atom stereocenters. The lowest BCUT2D eigenvalue weighted by atomic mass is 10.2. The summed E-state index contributed by atoms with van der Waals surface area (Å²) < 4.78 is 2.37. The van der Waals surface area contributed by atoms with Gasteiger partial charge in [0.1, 0.15) is 10.0 Å². The zero-order valence-corrected chi connectivity index (χ0v) is 15.1. The number of fused-ring (bicyclic) bond motifs is 2. The normalized spacial score (nSPS) is 11.4. The third kappa shape index (κ3) is 2.62. The largest absolute Gasteiger partial charge is 0.243 e. The highest BCUT2D eigenvalue weighted by Gasteiger charge is 2.12. The van der Waals surface area contributed by atoms with Crippen LogP contribution < -0.4 is 0 Å². The van der Waals surface area contributed by atoms with Crippen molar-refractivity contribution in [3.05, 3.63) is 66.2 Å². The van der Waals surface area contributed by atoms with Crippen molar-refractivity contribution in [3.8, 4) is 21.4 Å². The number of aryl methyl sites for hydroxylation is 1. The number of aromatic nitrogens is 3. The van der Waals surface area contributed by atoms with Gasteiger partial charge in [-0.05, 0) is 48.9 Å². The second-order valence-electron chi connectivity index (χ2n) is 5.89. The summed E-state index contributed by atoms with van der Waals surface area (Å²) in [4.78, 5) is 14.3. The standard InChI is InChI=1S/C20H13N3S2/c1-12-10-15(19-22-13-6-2-4-8-17(13)24-19)21-16(11-12)20-23-14-7-3-5-9-18(14)25-20/h2-11H,1H3. The highest BCUT2D eigenvalue weighted by molar-refractivity contribution is 7.22. The molecule has 0 amide bonds. The Hall–Kier alpha value is -2.63. The van der Waals surface area contributed by atoms with E-state index in [2.05, 4.69) is 31.2 Å². The van der Waals surface area contributed by atoms with Crippen molar-refractivity contribution in [3.63, 3.8) is 0 Å². The molecule has 3 aromatic heterocycles. The van der Waals surface area contributed by atoms with Crippen LogP contribution in [0.15, 0.2) is 60.7 Å². The highest BCUT2D eigenvalue weighted by Crippen LogP contribution is 2.33. The first-order valence-corrected chi connectivity index (χ1v) is 9.60. The predicted octanol–water partition coefficient (Wildman–Crippen LogP) is 5.94. The molecule has 0 unspecified atom stereocenters. The quantitative estimate of drug-likeness (QED) is 0.391. The molecule has 25 heavy (non-hydrogen) atoms. The minimum Gasteiger partial charge on any atom is -0.243 e.